The van der Waals surface area contributed by atoms with Gasteiger partial charge in [-0.1, -0.05) is 35.3 Å². The highest BCUT2D eigenvalue weighted by Gasteiger charge is 2.62. The molecule has 1 saturated heterocycles. The summed E-state index contributed by atoms with van der Waals surface area (Å²) in [6, 6.07) is 13.3. The van der Waals surface area contributed by atoms with Crippen LogP contribution in [0.25, 0.3) is 0 Å². The Labute approximate surface area is 254 Å². The van der Waals surface area contributed by atoms with Gasteiger partial charge >= 0.3 is 0 Å². The lowest BCUT2D eigenvalue weighted by molar-refractivity contribution is -0.131. The molecule has 2 aliphatic heterocycles. The third-order valence-electron chi connectivity index (χ3n) is 7.80. The van der Waals surface area contributed by atoms with Crippen LogP contribution in [-0.4, -0.2) is 38.6 Å². The minimum atomic E-state index is -3.50. The maximum Gasteiger partial charge on any atom is 0.238 e. The largest absolute Gasteiger partial charge is 0.486 e. The van der Waals surface area contributed by atoms with Crippen LogP contribution in [0.4, 0.5) is 10.1 Å². The van der Waals surface area contributed by atoms with Crippen molar-refractivity contribution in [2.75, 3.05) is 18.1 Å². The Balaban J connectivity index is 1.75. The van der Waals surface area contributed by atoms with Gasteiger partial charge in [0.15, 0.2) is 0 Å². The van der Waals surface area contributed by atoms with Crippen molar-refractivity contribution in [2.24, 2.45) is 0 Å². The van der Waals surface area contributed by atoms with Gasteiger partial charge in [-0.2, -0.15) is 0 Å². The Morgan fingerprint density at radius 2 is 1.74 bits per heavy atom. The number of amides is 2. The first kappa shape index (κ1) is 30.3. The number of nitrogens with one attached hydrogen (secondary N) is 3. The number of piperidine rings is 1. The van der Waals surface area contributed by atoms with Crippen molar-refractivity contribution in [2.45, 2.75) is 50.2 Å². The second kappa shape index (κ2) is 10.8. The lowest BCUT2D eigenvalue weighted by atomic mass is 9.59. The molecule has 0 aromatic heterocycles. The fourth-order valence-corrected chi connectivity index (χ4v) is 6.93. The average molecular weight is 635 g/mol. The van der Waals surface area contributed by atoms with E-state index in [-0.39, 0.29) is 18.9 Å². The Kier molecular flexibility index (Phi) is 7.81. The van der Waals surface area contributed by atoms with Crippen LogP contribution in [0, 0.1) is 12.7 Å². The molecule has 3 aromatic rings. The number of halogens is 3. The minimum Gasteiger partial charge on any atom is -0.486 e. The number of hydrogen-bond donors (Lipinski definition) is 3. The number of benzene rings is 3. The van der Waals surface area contributed by atoms with Crippen molar-refractivity contribution in [1.29, 1.82) is 0 Å². The number of rotatable bonds is 7. The average Bonchev–Trinajstić information content (AvgIpc) is 3.17. The van der Waals surface area contributed by atoms with Crippen LogP contribution in [-0.2, 0) is 25.0 Å². The molecule has 2 heterocycles. The topological polar surface area (TPSA) is 114 Å². The van der Waals surface area contributed by atoms with E-state index in [1.807, 2.05) is 0 Å². The number of carbonyl (C=O) groups is 2. The summed E-state index contributed by atoms with van der Waals surface area (Å²) in [6.07, 6.45) is 0.942. The summed E-state index contributed by atoms with van der Waals surface area (Å²) in [5.41, 5.74) is 0.193. The highest BCUT2D eigenvalue weighted by molar-refractivity contribution is 7.88. The number of anilines is 1. The Bertz CT molecular complexity index is 1710. The second-order valence-corrected chi connectivity index (χ2v) is 14.1. The van der Waals surface area contributed by atoms with Gasteiger partial charge in [0.1, 0.15) is 22.6 Å². The molecule has 12 heteroatoms. The molecular formula is C30H30Cl2FN3O5S. The van der Waals surface area contributed by atoms with Gasteiger partial charge in [0.05, 0.1) is 12.3 Å². The first-order chi connectivity index (χ1) is 19.6. The van der Waals surface area contributed by atoms with Gasteiger partial charge in [-0.3, -0.25) is 9.59 Å². The SMILES string of the molecule is Cc1ccc(F)cc1[C@@H]1NC(=O)C[C@H](c2cc(Cl)ccc2OC(C)(C)CNS(C)(=O)=O)C12C(=O)Nc1cc(Cl)ccc12. The molecule has 1 unspecified atom stereocenters. The molecule has 0 saturated carbocycles. The zero-order valence-corrected chi connectivity index (χ0v) is 25.7. The van der Waals surface area contributed by atoms with Gasteiger partial charge < -0.3 is 15.4 Å². The second-order valence-electron chi connectivity index (χ2n) is 11.4. The fraction of sp³-hybridized carbons (Fsp3) is 0.333. The van der Waals surface area contributed by atoms with Crippen LogP contribution in [0.15, 0.2) is 54.6 Å². The maximum atomic E-state index is 14.7. The van der Waals surface area contributed by atoms with E-state index >= 15 is 0 Å². The van der Waals surface area contributed by atoms with Crippen LogP contribution in [0.1, 0.15) is 54.5 Å². The highest BCUT2D eigenvalue weighted by atomic mass is 35.5. The Morgan fingerprint density at radius 3 is 2.45 bits per heavy atom. The third-order valence-corrected chi connectivity index (χ3v) is 8.94. The standard InChI is InChI=1S/C30H30Cl2FN3O5S/c1-16-5-8-19(33)13-20(16)27-30(22-9-6-18(32)12-24(22)35-28(30)38)23(14-26(37)36-27)21-11-17(31)7-10-25(21)41-29(2,3)15-34-42(4,39)40/h5-13,23,27,34H,14-15H2,1-4H3,(H,35,38)(H,36,37)/t23-,27+,30?/m1/s1. The summed E-state index contributed by atoms with van der Waals surface area (Å²) in [5.74, 6) is -1.76. The molecule has 3 N–H and O–H groups in total. The van der Waals surface area contributed by atoms with Gasteiger partial charge in [-0.25, -0.2) is 17.5 Å². The third kappa shape index (κ3) is 5.60. The molecule has 0 aliphatic carbocycles. The summed E-state index contributed by atoms with van der Waals surface area (Å²) in [5, 5.41) is 6.69. The number of carbonyl (C=O) groups excluding carboxylic acids is 2. The van der Waals surface area contributed by atoms with Crippen molar-refractivity contribution in [3.05, 3.63) is 92.7 Å². The number of hydrogen-bond acceptors (Lipinski definition) is 5. The van der Waals surface area contributed by atoms with E-state index in [0.29, 0.717) is 43.7 Å². The van der Waals surface area contributed by atoms with E-state index in [1.165, 1.54) is 12.1 Å². The van der Waals surface area contributed by atoms with Crippen LogP contribution in [0.2, 0.25) is 10.0 Å². The van der Waals surface area contributed by atoms with E-state index in [9.17, 15) is 22.4 Å². The quantitative estimate of drug-likeness (QED) is 0.323. The van der Waals surface area contributed by atoms with Gasteiger partial charge in [0.2, 0.25) is 21.8 Å². The number of aryl methyl sites for hydroxylation is 1. The van der Waals surface area contributed by atoms with Crippen LogP contribution in [0.5, 0.6) is 5.75 Å². The van der Waals surface area contributed by atoms with E-state index in [0.717, 1.165) is 6.26 Å². The van der Waals surface area contributed by atoms with Crippen molar-refractivity contribution in [3.63, 3.8) is 0 Å². The van der Waals surface area contributed by atoms with Gasteiger partial charge in [-0.05, 0) is 79.9 Å². The first-order valence-corrected chi connectivity index (χ1v) is 15.9. The van der Waals surface area contributed by atoms with Crippen molar-refractivity contribution in [3.8, 4) is 5.75 Å². The molecule has 42 heavy (non-hydrogen) atoms. The molecule has 1 spiro atoms. The number of ether oxygens (including phenoxy) is 1. The zero-order valence-electron chi connectivity index (χ0n) is 23.3. The highest BCUT2D eigenvalue weighted by Crippen LogP contribution is 2.59. The fourth-order valence-electron chi connectivity index (χ4n) is 5.97. The number of fused-ring (bicyclic) bond motifs is 2. The smallest absolute Gasteiger partial charge is 0.238 e. The zero-order chi connectivity index (χ0) is 30.6. The van der Waals surface area contributed by atoms with E-state index in [1.54, 1.807) is 63.2 Å². The minimum absolute atomic E-state index is 0.0445. The lowest BCUT2D eigenvalue weighted by Crippen LogP contribution is -2.57. The molecule has 3 atom stereocenters. The van der Waals surface area contributed by atoms with Gasteiger partial charge in [0.25, 0.3) is 0 Å². The predicted molar refractivity (Wildman–Crippen MR) is 160 cm³/mol. The number of sulfonamides is 1. The van der Waals surface area contributed by atoms with E-state index < -0.39 is 44.7 Å². The van der Waals surface area contributed by atoms with Crippen molar-refractivity contribution >= 4 is 50.7 Å². The lowest BCUT2D eigenvalue weighted by Gasteiger charge is -2.47. The summed E-state index contributed by atoms with van der Waals surface area (Å²) in [7, 11) is -3.50. The molecule has 1 fully saturated rings. The monoisotopic (exact) mass is 633 g/mol. The van der Waals surface area contributed by atoms with Crippen LogP contribution < -0.4 is 20.1 Å². The molecule has 2 aliphatic rings. The van der Waals surface area contributed by atoms with E-state index in [4.69, 9.17) is 27.9 Å². The Morgan fingerprint density at radius 1 is 1.05 bits per heavy atom. The Hall–Kier alpha value is -3.18. The van der Waals surface area contributed by atoms with Gasteiger partial charge in [0, 0.05) is 40.2 Å². The molecule has 2 amide bonds. The van der Waals surface area contributed by atoms with Crippen LogP contribution in [0.3, 0.4) is 0 Å². The predicted octanol–water partition coefficient (Wildman–Crippen LogP) is 5.38. The summed E-state index contributed by atoms with van der Waals surface area (Å²) < 4.78 is 47.1. The summed E-state index contributed by atoms with van der Waals surface area (Å²) >= 11 is 12.8. The van der Waals surface area contributed by atoms with Gasteiger partial charge in [-0.15, -0.1) is 0 Å². The summed E-state index contributed by atoms with van der Waals surface area (Å²) in [4.78, 5) is 27.8. The molecule has 0 bridgehead atoms. The molecule has 222 valence electrons. The molecule has 8 nitrogen and oxygen atoms in total. The molecule has 0 radical (unpaired) electrons. The molecule has 3 aromatic carbocycles. The normalized spacial score (nSPS) is 22.1. The molecular weight excluding hydrogens is 604 g/mol. The maximum absolute atomic E-state index is 14.7. The first-order valence-electron chi connectivity index (χ1n) is 13.2. The van der Waals surface area contributed by atoms with Crippen LogP contribution >= 0.6 is 23.2 Å². The van der Waals surface area contributed by atoms with E-state index in [2.05, 4.69) is 15.4 Å². The molecule has 5 rings (SSSR count). The van der Waals surface area contributed by atoms with Crippen molar-refractivity contribution in [1.82, 2.24) is 10.0 Å². The van der Waals surface area contributed by atoms with Crippen molar-refractivity contribution < 1.29 is 27.1 Å². The summed E-state index contributed by atoms with van der Waals surface area (Å²) in [6.45, 7) is 5.17.